The summed E-state index contributed by atoms with van der Waals surface area (Å²) in [6.45, 7) is 11.0. The number of carbonyl (C=O) groups excluding carboxylic acids is 1. The molecule has 0 spiro atoms. The smallest absolute Gasteiger partial charge is 0.326 e. The van der Waals surface area contributed by atoms with Crippen LogP contribution >= 0.6 is 0 Å². The van der Waals surface area contributed by atoms with Crippen LogP contribution < -0.4 is 5.32 Å². The van der Waals surface area contributed by atoms with Gasteiger partial charge in [-0.15, -0.1) is 0 Å². The van der Waals surface area contributed by atoms with Gasteiger partial charge in [0.1, 0.15) is 5.54 Å². The second-order valence-electron chi connectivity index (χ2n) is 5.04. The van der Waals surface area contributed by atoms with E-state index in [1.165, 1.54) is 0 Å². The van der Waals surface area contributed by atoms with Crippen molar-refractivity contribution in [3.05, 3.63) is 0 Å². The van der Waals surface area contributed by atoms with Crippen molar-refractivity contribution in [3.63, 3.8) is 0 Å². The Kier molecular flexibility index (Phi) is 7.39. The van der Waals surface area contributed by atoms with E-state index < -0.39 is 5.54 Å². The molecule has 17 heavy (non-hydrogen) atoms. The van der Waals surface area contributed by atoms with Crippen LogP contribution in [0, 0.1) is 5.92 Å². The Bertz CT molecular complexity index is 231. The number of ether oxygens (including phenoxy) is 2. The third-order valence-electron chi connectivity index (χ3n) is 2.69. The molecular weight excluding hydrogens is 218 g/mol. The maximum Gasteiger partial charge on any atom is 0.326 e. The lowest BCUT2D eigenvalue weighted by atomic mass is 9.95. The largest absolute Gasteiger partial charge is 0.465 e. The van der Waals surface area contributed by atoms with E-state index in [1.54, 1.807) is 7.05 Å². The van der Waals surface area contributed by atoms with Crippen LogP contribution in [0.4, 0.5) is 0 Å². The first-order valence-corrected chi connectivity index (χ1v) is 6.33. The fourth-order valence-corrected chi connectivity index (χ4v) is 1.57. The Morgan fingerprint density at radius 1 is 1.35 bits per heavy atom. The molecule has 0 aromatic heterocycles. The zero-order valence-electron chi connectivity index (χ0n) is 12.0. The monoisotopic (exact) mass is 245 g/mol. The third-order valence-corrected chi connectivity index (χ3v) is 2.69. The molecule has 2 atom stereocenters. The highest BCUT2D eigenvalue weighted by Crippen LogP contribution is 2.16. The van der Waals surface area contributed by atoms with Gasteiger partial charge in [0.15, 0.2) is 0 Å². The Balaban J connectivity index is 4.31. The predicted octanol–water partition coefficient (Wildman–Crippen LogP) is 1.98. The van der Waals surface area contributed by atoms with Crippen molar-refractivity contribution >= 4 is 5.97 Å². The molecule has 0 heterocycles. The molecule has 0 aromatic carbocycles. The number of carbonyl (C=O) groups is 1. The van der Waals surface area contributed by atoms with Crippen LogP contribution in [-0.4, -0.2) is 37.9 Å². The lowest BCUT2D eigenvalue weighted by molar-refractivity contribution is -0.152. The molecule has 0 aliphatic rings. The maximum atomic E-state index is 11.8. The van der Waals surface area contributed by atoms with Crippen LogP contribution in [0.1, 0.15) is 41.0 Å². The summed E-state index contributed by atoms with van der Waals surface area (Å²) in [5.74, 6) is 0.281. The van der Waals surface area contributed by atoms with Crippen LogP contribution in [0.15, 0.2) is 0 Å². The molecule has 0 aliphatic carbocycles. The minimum Gasteiger partial charge on any atom is -0.465 e. The highest BCUT2D eigenvalue weighted by atomic mass is 16.5. The van der Waals surface area contributed by atoms with Crippen molar-refractivity contribution in [2.45, 2.75) is 52.7 Å². The van der Waals surface area contributed by atoms with Crippen molar-refractivity contribution < 1.29 is 14.3 Å². The van der Waals surface area contributed by atoms with Crippen molar-refractivity contribution in [2.75, 3.05) is 20.3 Å². The molecule has 0 fully saturated rings. The summed E-state index contributed by atoms with van der Waals surface area (Å²) in [6, 6.07) is 0. The van der Waals surface area contributed by atoms with Gasteiger partial charge in [-0.2, -0.15) is 0 Å². The van der Waals surface area contributed by atoms with E-state index in [9.17, 15) is 4.79 Å². The summed E-state index contributed by atoms with van der Waals surface area (Å²) >= 11 is 0. The van der Waals surface area contributed by atoms with E-state index in [0.717, 1.165) is 0 Å². The van der Waals surface area contributed by atoms with E-state index in [4.69, 9.17) is 9.47 Å². The Morgan fingerprint density at radius 3 is 2.35 bits per heavy atom. The van der Waals surface area contributed by atoms with Gasteiger partial charge in [-0.1, -0.05) is 13.8 Å². The van der Waals surface area contributed by atoms with Crippen LogP contribution in [0.25, 0.3) is 0 Å². The fraction of sp³-hybridized carbons (Fsp3) is 0.923. The average molecular weight is 245 g/mol. The molecule has 0 saturated heterocycles. The number of hydrogen-bond donors (Lipinski definition) is 1. The minimum absolute atomic E-state index is 0.0271. The van der Waals surface area contributed by atoms with E-state index in [0.29, 0.717) is 25.6 Å². The molecule has 4 heteroatoms. The topological polar surface area (TPSA) is 47.6 Å². The van der Waals surface area contributed by atoms with Gasteiger partial charge < -0.3 is 14.8 Å². The van der Waals surface area contributed by atoms with E-state index in [2.05, 4.69) is 19.2 Å². The number of hydrogen-bond acceptors (Lipinski definition) is 4. The summed E-state index contributed by atoms with van der Waals surface area (Å²) in [4.78, 5) is 11.8. The molecule has 0 aliphatic heterocycles. The molecule has 0 rings (SSSR count). The number of esters is 1. The molecule has 2 unspecified atom stereocenters. The summed E-state index contributed by atoms with van der Waals surface area (Å²) in [6.07, 6.45) is 0.633. The Morgan fingerprint density at radius 2 is 1.94 bits per heavy atom. The van der Waals surface area contributed by atoms with Crippen molar-refractivity contribution in [2.24, 2.45) is 5.92 Å². The van der Waals surface area contributed by atoms with Crippen LogP contribution in [0.5, 0.6) is 0 Å². The summed E-state index contributed by atoms with van der Waals surface area (Å²) in [5, 5.41) is 3.03. The quantitative estimate of drug-likeness (QED) is 0.664. The van der Waals surface area contributed by atoms with E-state index >= 15 is 0 Å². The number of nitrogens with one attached hydrogen (secondary N) is 1. The molecule has 102 valence electrons. The maximum absolute atomic E-state index is 11.8. The Hall–Kier alpha value is -0.610. The van der Waals surface area contributed by atoms with Gasteiger partial charge in [0, 0.05) is 13.0 Å². The highest BCUT2D eigenvalue weighted by molar-refractivity contribution is 5.80. The molecule has 0 saturated carbocycles. The molecule has 0 bridgehead atoms. The first-order chi connectivity index (χ1) is 7.85. The fourth-order valence-electron chi connectivity index (χ4n) is 1.57. The molecule has 0 amide bonds. The van der Waals surface area contributed by atoms with Gasteiger partial charge in [0.05, 0.1) is 12.7 Å². The highest BCUT2D eigenvalue weighted by Gasteiger charge is 2.34. The first-order valence-electron chi connectivity index (χ1n) is 6.33. The van der Waals surface area contributed by atoms with Crippen molar-refractivity contribution in [1.82, 2.24) is 5.32 Å². The zero-order chi connectivity index (χ0) is 13.5. The molecule has 0 radical (unpaired) electrons. The molecular formula is C13H27NO3. The average Bonchev–Trinajstić information content (AvgIpc) is 2.26. The molecule has 4 nitrogen and oxygen atoms in total. The number of likely N-dealkylation sites (N-methyl/N-ethyl adjacent to an activating group) is 1. The minimum atomic E-state index is -0.674. The van der Waals surface area contributed by atoms with E-state index in [1.807, 2.05) is 20.8 Å². The summed E-state index contributed by atoms with van der Waals surface area (Å²) < 4.78 is 10.7. The first kappa shape index (κ1) is 16.4. The standard InChI is InChI=1S/C13H27NO3/c1-7-16-12(15)13(5,14-6)8-11(4)17-9-10(2)3/h10-11,14H,7-9H2,1-6H3. The lowest BCUT2D eigenvalue weighted by Gasteiger charge is -2.29. The van der Waals surface area contributed by atoms with Gasteiger partial charge in [-0.05, 0) is 33.7 Å². The van der Waals surface area contributed by atoms with Gasteiger partial charge in [-0.25, -0.2) is 0 Å². The van der Waals surface area contributed by atoms with Crippen molar-refractivity contribution in [1.29, 1.82) is 0 Å². The van der Waals surface area contributed by atoms with Crippen molar-refractivity contribution in [3.8, 4) is 0 Å². The van der Waals surface area contributed by atoms with Crippen LogP contribution in [0.3, 0.4) is 0 Å². The zero-order valence-corrected chi connectivity index (χ0v) is 12.0. The van der Waals surface area contributed by atoms with Gasteiger partial charge in [0.25, 0.3) is 0 Å². The Labute approximate surface area is 105 Å². The molecule has 1 N–H and O–H groups in total. The SMILES string of the molecule is CCOC(=O)C(C)(CC(C)OCC(C)C)NC. The lowest BCUT2D eigenvalue weighted by Crippen LogP contribution is -2.50. The van der Waals surface area contributed by atoms with Gasteiger partial charge in [-0.3, -0.25) is 4.79 Å². The third kappa shape index (κ3) is 6.03. The second-order valence-corrected chi connectivity index (χ2v) is 5.04. The molecule has 0 aromatic rings. The van der Waals surface area contributed by atoms with E-state index in [-0.39, 0.29) is 12.1 Å². The summed E-state index contributed by atoms with van der Waals surface area (Å²) in [7, 11) is 1.77. The van der Waals surface area contributed by atoms with Gasteiger partial charge in [0.2, 0.25) is 0 Å². The normalized spacial score (nSPS) is 16.6. The second kappa shape index (κ2) is 7.67. The number of rotatable bonds is 8. The van der Waals surface area contributed by atoms with Crippen LogP contribution in [0.2, 0.25) is 0 Å². The van der Waals surface area contributed by atoms with Gasteiger partial charge >= 0.3 is 5.97 Å². The summed E-state index contributed by atoms with van der Waals surface area (Å²) in [5.41, 5.74) is -0.674. The van der Waals surface area contributed by atoms with Crippen LogP contribution in [-0.2, 0) is 14.3 Å². The predicted molar refractivity (Wildman–Crippen MR) is 69.0 cm³/mol.